The van der Waals surface area contributed by atoms with Crippen molar-refractivity contribution in [1.29, 1.82) is 0 Å². The molecule has 0 radical (unpaired) electrons. The number of likely N-dealkylation sites (tertiary alicyclic amines) is 1. The molecule has 0 bridgehead atoms. The predicted octanol–water partition coefficient (Wildman–Crippen LogP) is 6.05. The maximum absolute atomic E-state index is 15.8. The van der Waals surface area contributed by atoms with Crippen molar-refractivity contribution in [2.75, 3.05) is 59.7 Å². The summed E-state index contributed by atoms with van der Waals surface area (Å²) in [5, 5.41) is 23.8. The first kappa shape index (κ1) is 58.1. The van der Waals surface area contributed by atoms with Crippen molar-refractivity contribution in [3.63, 3.8) is 0 Å². The number of hydrogen-bond acceptors (Lipinski definition) is 15. The number of nitrogens with one attached hydrogen (secondary N) is 5. The minimum Gasteiger partial charge on any atom is -0.379 e. The maximum atomic E-state index is 15.8. The van der Waals surface area contributed by atoms with Gasteiger partial charge in [-0.2, -0.15) is 13.5 Å². The lowest BCUT2D eigenvalue weighted by molar-refractivity contribution is -0.137. The van der Waals surface area contributed by atoms with Gasteiger partial charge in [-0.25, -0.2) is 18.7 Å². The number of halogens is 2. The highest BCUT2D eigenvalue weighted by molar-refractivity contribution is 7.59. The Morgan fingerprint density at radius 2 is 1.53 bits per heavy atom. The van der Waals surface area contributed by atoms with E-state index >= 15 is 8.78 Å². The third-order valence-corrected chi connectivity index (χ3v) is 17.2. The number of aromatic nitrogens is 5. The summed E-state index contributed by atoms with van der Waals surface area (Å²) in [7, 11) is 0. The first-order valence-electron chi connectivity index (χ1n) is 27.5. The Bertz CT molecular complexity index is 3240. The number of anilines is 4. The van der Waals surface area contributed by atoms with E-state index in [0.29, 0.717) is 81.4 Å². The molecule has 4 fully saturated rings. The van der Waals surface area contributed by atoms with Gasteiger partial charge in [0.25, 0.3) is 11.8 Å². The fourth-order valence-electron chi connectivity index (χ4n) is 11.4. The summed E-state index contributed by atoms with van der Waals surface area (Å²) in [5.74, 6) is -2.31. The molecule has 5 N–H and O–H groups in total. The van der Waals surface area contributed by atoms with Crippen molar-refractivity contribution in [2.24, 2.45) is 16.2 Å². The van der Waals surface area contributed by atoms with Crippen molar-refractivity contribution in [2.45, 2.75) is 124 Å². The molecule has 5 aliphatic heterocycles. The van der Waals surface area contributed by atoms with E-state index < -0.39 is 57.7 Å². The van der Waals surface area contributed by atoms with Gasteiger partial charge >= 0.3 is 0 Å². The number of fused-ring (bicyclic) bond motifs is 1. The largest absolute Gasteiger partial charge is 0.379 e. The number of carbonyl (C=O) groups is 6. The lowest BCUT2D eigenvalue weighted by Gasteiger charge is -2.48. The number of piperazine rings is 1. The summed E-state index contributed by atoms with van der Waals surface area (Å²) in [6, 6.07) is 16.2. The molecular weight excluding hydrogens is 1060 g/mol. The van der Waals surface area contributed by atoms with Crippen molar-refractivity contribution in [1.82, 2.24) is 50.7 Å². The minimum atomic E-state index is -1.07. The number of amides is 6. The quantitative estimate of drug-likeness (QED) is 0.0668. The Labute approximate surface area is 477 Å². The van der Waals surface area contributed by atoms with Gasteiger partial charge in [-0.3, -0.25) is 48.6 Å². The second-order valence-electron chi connectivity index (χ2n) is 24.1. The lowest BCUT2D eigenvalue weighted by Crippen LogP contribution is -2.66. The molecule has 6 amide bonds. The van der Waals surface area contributed by atoms with Crippen LogP contribution < -0.4 is 36.4 Å². The van der Waals surface area contributed by atoms with Crippen LogP contribution in [0.2, 0.25) is 0 Å². The standard InChI is InChI=1S/C58H70F2N14O6.H2S/c1-55(2)15-19-70(20-16-55)30-38-24-42(60)45(25-41(38)59)72-32-49(76)67-58(34-72)17-21-71(22-18-58)47-26-46(64-35-65-47)62-27-36-9-7-10-37(23-36)28-63-54(80)57(5,6)56(3,4)33-73-31-39(68-69-73)29-61-43-12-8-11-40-50(43)53(79)74(52(40)78)44-13-14-48(75)66-51(44)77;/h7-12,23-26,31,35,44,61H,13-22,27-30,32-34H2,1-6H3,(H,63,80)(H,67,76)(H,62,64,65)(H,66,75,77);1H2. The smallest absolute Gasteiger partial charge is 0.264 e. The number of piperidine rings is 3. The Balaban J connectivity index is 0.00000792. The normalized spacial score (nSPS) is 19.2. The summed E-state index contributed by atoms with van der Waals surface area (Å²) < 4.78 is 33.0. The molecule has 1 spiro atoms. The summed E-state index contributed by atoms with van der Waals surface area (Å²) in [6.07, 6.45) is 6.55. The van der Waals surface area contributed by atoms with Crippen LogP contribution in [0.3, 0.4) is 0 Å². The maximum Gasteiger partial charge on any atom is 0.264 e. The third-order valence-electron chi connectivity index (χ3n) is 17.2. The molecular formula is C58H72F2N14O6S. The highest BCUT2D eigenvalue weighted by atomic mass is 32.1. The SMILES string of the molecule is CC1(C)CCN(Cc2cc(F)c(N3CC(=O)NC4(CCN(c5cc(NCc6cccc(CNC(=O)C(C)(C)C(C)(C)Cn7cc(CNc8cccc9c8C(=O)N(C8CCC(=O)NC8=O)C9=O)nn7)c6)ncn5)CC4)C3)cc2F)CC1.S. The molecule has 4 saturated heterocycles. The Morgan fingerprint density at radius 3 is 2.27 bits per heavy atom. The summed E-state index contributed by atoms with van der Waals surface area (Å²) in [5.41, 5.74) is 1.78. The van der Waals surface area contributed by atoms with Crippen molar-refractivity contribution in [3.8, 4) is 0 Å². The monoisotopic (exact) mass is 1130 g/mol. The molecule has 5 aliphatic rings. The van der Waals surface area contributed by atoms with Gasteiger partial charge in [0.2, 0.25) is 23.6 Å². The third kappa shape index (κ3) is 12.5. The van der Waals surface area contributed by atoms with Gasteiger partial charge in [0, 0.05) is 75.6 Å². The molecule has 23 heteroatoms. The van der Waals surface area contributed by atoms with Gasteiger partial charge in [-0.1, -0.05) is 77.1 Å². The van der Waals surface area contributed by atoms with Crippen LogP contribution in [0.4, 0.5) is 31.8 Å². The zero-order valence-corrected chi connectivity index (χ0v) is 47.8. The van der Waals surface area contributed by atoms with E-state index in [1.54, 1.807) is 27.9 Å². The van der Waals surface area contributed by atoms with E-state index in [1.165, 1.54) is 24.5 Å². The second kappa shape index (κ2) is 23.1. The summed E-state index contributed by atoms with van der Waals surface area (Å²) in [6.45, 7) is 17.1. The molecule has 5 aromatic rings. The van der Waals surface area contributed by atoms with E-state index in [2.05, 4.69) is 70.5 Å². The van der Waals surface area contributed by atoms with Crippen LogP contribution in [0, 0.1) is 27.9 Å². The van der Waals surface area contributed by atoms with E-state index in [1.807, 2.05) is 58.0 Å². The van der Waals surface area contributed by atoms with Gasteiger partial charge in [-0.15, -0.1) is 5.10 Å². The number of carbonyl (C=O) groups excluding carboxylic acids is 6. The molecule has 430 valence electrons. The number of hydrogen-bond donors (Lipinski definition) is 5. The first-order chi connectivity index (χ1) is 38.1. The average Bonchev–Trinajstić information content (AvgIpc) is 4.08. The molecule has 0 aliphatic carbocycles. The number of benzene rings is 3. The van der Waals surface area contributed by atoms with Gasteiger partial charge in [0.15, 0.2) is 0 Å². The van der Waals surface area contributed by atoms with Gasteiger partial charge < -0.3 is 31.1 Å². The highest BCUT2D eigenvalue weighted by Crippen LogP contribution is 2.41. The van der Waals surface area contributed by atoms with Crippen LogP contribution in [0.1, 0.15) is 123 Å². The predicted molar refractivity (Wildman–Crippen MR) is 305 cm³/mol. The first-order valence-corrected chi connectivity index (χ1v) is 27.5. The Hall–Kier alpha value is -7.53. The van der Waals surface area contributed by atoms with Crippen LogP contribution in [0.15, 0.2) is 73.2 Å². The Kier molecular flexibility index (Phi) is 16.6. The summed E-state index contributed by atoms with van der Waals surface area (Å²) >= 11 is 0. The van der Waals surface area contributed by atoms with Crippen LogP contribution in [0.25, 0.3) is 0 Å². The molecule has 20 nitrogen and oxygen atoms in total. The molecule has 1 atom stereocenters. The Morgan fingerprint density at radius 1 is 0.802 bits per heavy atom. The fourth-order valence-corrected chi connectivity index (χ4v) is 11.4. The van der Waals surface area contributed by atoms with Crippen molar-refractivity contribution in [3.05, 3.63) is 118 Å². The molecule has 81 heavy (non-hydrogen) atoms. The van der Waals surface area contributed by atoms with Crippen molar-refractivity contribution >= 4 is 71.9 Å². The average molecular weight is 1130 g/mol. The second-order valence-corrected chi connectivity index (χ2v) is 24.1. The zero-order chi connectivity index (χ0) is 56.7. The van der Waals surface area contributed by atoms with E-state index in [4.69, 9.17) is 0 Å². The number of nitrogens with zero attached hydrogens (tertiary/aromatic N) is 9. The number of rotatable bonds is 17. The summed E-state index contributed by atoms with van der Waals surface area (Å²) in [4.78, 5) is 94.2. The molecule has 1 unspecified atom stereocenters. The van der Waals surface area contributed by atoms with Crippen LogP contribution >= 0.6 is 13.5 Å². The topological polar surface area (TPSA) is 232 Å². The molecule has 3 aromatic carbocycles. The van der Waals surface area contributed by atoms with Gasteiger partial charge in [0.1, 0.15) is 41.3 Å². The molecule has 10 rings (SSSR count). The van der Waals surface area contributed by atoms with E-state index in [0.717, 1.165) is 47.8 Å². The van der Waals surface area contributed by atoms with Crippen LogP contribution in [-0.2, 0) is 51.9 Å². The zero-order valence-electron chi connectivity index (χ0n) is 46.8. The van der Waals surface area contributed by atoms with Gasteiger partial charge in [0.05, 0.1) is 47.1 Å². The van der Waals surface area contributed by atoms with E-state index in [-0.39, 0.29) is 73.5 Å². The fraction of sp³-hybridized carbons (Fsp3) is 0.483. The van der Waals surface area contributed by atoms with Crippen LogP contribution in [-0.4, -0.2) is 121 Å². The molecule has 0 saturated carbocycles. The van der Waals surface area contributed by atoms with Crippen molar-refractivity contribution < 1.29 is 37.5 Å². The molecule has 2 aromatic heterocycles. The lowest BCUT2D eigenvalue weighted by atomic mass is 9.67. The highest BCUT2D eigenvalue weighted by Gasteiger charge is 2.47. The number of imide groups is 2. The van der Waals surface area contributed by atoms with Gasteiger partial charge in [-0.05, 0) is 85.3 Å². The van der Waals surface area contributed by atoms with Crippen LogP contribution in [0.5, 0.6) is 0 Å². The van der Waals surface area contributed by atoms with E-state index in [9.17, 15) is 28.8 Å². The minimum absolute atomic E-state index is 0. The molecule has 7 heterocycles.